The first kappa shape index (κ1) is 20.1. The topological polar surface area (TPSA) is 90.8 Å². The van der Waals surface area contributed by atoms with Crippen LogP contribution in [-0.2, 0) is 9.59 Å². The van der Waals surface area contributed by atoms with Crippen LogP contribution in [0, 0.1) is 0 Å². The maximum Gasteiger partial charge on any atom is 0.471 e. The van der Waals surface area contributed by atoms with Crippen LogP contribution >= 0.6 is 0 Å². The van der Waals surface area contributed by atoms with Crippen LogP contribution in [-0.4, -0.2) is 28.8 Å². The minimum absolute atomic E-state index is 0.0302. The lowest BCUT2D eigenvalue weighted by Crippen LogP contribution is -2.29. The number of rotatable bonds is 5. The smallest absolute Gasteiger partial charge is 0.378 e. The van der Waals surface area contributed by atoms with Crippen molar-refractivity contribution in [1.82, 2.24) is 5.43 Å². The Bertz CT molecular complexity index is 834. The van der Waals surface area contributed by atoms with E-state index < -0.39 is 24.1 Å². The largest absolute Gasteiger partial charge is 0.471 e. The second-order valence-electron chi connectivity index (χ2n) is 5.52. The number of nitrogens with zero attached hydrogens (tertiary/aromatic N) is 1. The Kier molecular flexibility index (Phi) is 6.30. The van der Waals surface area contributed by atoms with E-state index in [0.717, 1.165) is 0 Å². The zero-order valence-corrected chi connectivity index (χ0v) is 14.1. The van der Waals surface area contributed by atoms with Gasteiger partial charge in [-0.2, -0.15) is 18.3 Å². The number of carbonyl (C=O) groups excluding carboxylic acids is 2. The van der Waals surface area contributed by atoms with Crippen LogP contribution in [0.2, 0.25) is 0 Å². The molecule has 3 N–H and O–H groups in total. The lowest BCUT2D eigenvalue weighted by Gasteiger charge is -2.10. The molecular weight excluding hydrogens is 363 g/mol. The first-order chi connectivity index (χ1) is 12.7. The number of hydrazone groups is 1. The third kappa shape index (κ3) is 5.65. The van der Waals surface area contributed by atoms with Gasteiger partial charge in [0.1, 0.15) is 0 Å². The normalized spacial score (nSPS) is 13.0. The summed E-state index contributed by atoms with van der Waals surface area (Å²) in [5.41, 5.74) is 3.47. The van der Waals surface area contributed by atoms with Crippen LogP contribution in [0.4, 0.5) is 18.9 Å². The molecule has 0 aromatic heterocycles. The highest BCUT2D eigenvalue weighted by atomic mass is 19.4. The second-order valence-corrected chi connectivity index (χ2v) is 5.52. The number of aliphatic hydroxyl groups excluding tert-OH is 1. The van der Waals surface area contributed by atoms with Gasteiger partial charge in [0.2, 0.25) is 0 Å². The van der Waals surface area contributed by atoms with E-state index in [-0.39, 0.29) is 5.69 Å². The molecule has 142 valence electrons. The first-order valence-electron chi connectivity index (χ1n) is 7.74. The van der Waals surface area contributed by atoms with Crippen molar-refractivity contribution >= 4 is 23.2 Å². The van der Waals surface area contributed by atoms with Gasteiger partial charge in [-0.05, 0) is 30.2 Å². The van der Waals surface area contributed by atoms with Crippen molar-refractivity contribution in [2.75, 3.05) is 5.32 Å². The molecule has 27 heavy (non-hydrogen) atoms. The van der Waals surface area contributed by atoms with Gasteiger partial charge in [0, 0.05) is 5.69 Å². The van der Waals surface area contributed by atoms with E-state index in [1.807, 2.05) is 0 Å². The molecule has 2 aromatic carbocycles. The van der Waals surface area contributed by atoms with E-state index in [1.165, 1.54) is 24.3 Å². The fourth-order valence-electron chi connectivity index (χ4n) is 2.05. The molecule has 0 aliphatic rings. The average molecular weight is 379 g/mol. The maximum absolute atomic E-state index is 12.2. The van der Waals surface area contributed by atoms with E-state index >= 15 is 0 Å². The molecule has 0 fully saturated rings. The van der Waals surface area contributed by atoms with Gasteiger partial charge in [-0.25, -0.2) is 5.43 Å². The van der Waals surface area contributed by atoms with Crippen LogP contribution in [0.25, 0.3) is 0 Å². The van der Waals surface area contributed by atoms with Crippen molar-refractivity contribution in [2.45, 2.75) is 19.2 Å². The Balaban J connectivity index is 1.99. The molecule has 0 radical (unpaired) electrons. The standard InChI is InChI=1S/C18H16F3N3O3/c1-11(23-24-16(26)15(25)13-5-3-2-4-6-13)12-7-9-14(10-8-12)22-17(27)18(19,20)21/h2-10,15,25H,1H3,(H,22,27)(H,24,26)/b23-11+. The number of nitrogens with one attached hydrogen (secondary N) is 2. The zero-order valence-electron chi connectivity index (χ0n) is 14.1. The lowest BCUT2D eigenvalue weighted by atomic mass is 10.1. The predicted molar refractivity (Wildman–Crippen MR) is 92.9 cm³/mol. The number of amides is 2. The number of hydrogen-bond acceptors (Lipinski definition) is 4. The molecule has 0 saturated heterocycles. The fraction of sp³-hybridized carbons (Fsp3) is 0.167. The van der Waals surface area contributed by atoms with Crippen molar-refractivity contribution in [2.24, 2.45) is 5.10 Å². The summed E-state index contributed by atoms with van der Waals surface area (Å²) < 4.78 is 36.6. The highest BCUT2D eigenvalue weighted by molar-refractivity contribution is 6.00. The monoisotopic (exact) mass is 379 g/mol. The molecule has 0 bridgehead atoms. The van der Waals surface area contributed by atoms with E-state index in [4.69, 9.17) is 0 Å². The summed E-state index contributed by atoms with van der Waals surface area (Å²) in [6, 6.07) is 13.7. The molecule has 1 atom stereocenters. The average Bonchev–Trinajstić information content (AvgIpc) is 2.65. The number of hydrogen-bond donors (Lipinski definition) is 3. The van der Waals surface area contributed by atoms with Crippen molar-refractivity contribution < 1.29 is 27.9 Å². The summed E-state index contributed by atoms with van der Waals surface area (Å²) in [4.78, 5) is 22.8. The summed E-state index contributed by atoms with van der Waals surface area (Å²) in [6.45, 7) is 1.57. The molecule has 9 heteroatoms. The van der Waals surface area contributed by atoms with Gasteiger partial charge in [-0.15, -0.1) is 0 Å². The van der Waals surface area contributed by atoms with E-state index in [0.29, 0.717) is 16.8 Å². The maximum atomic E-state index is 12.2. The Morgan fingerprint density at radius 2 is 1.63 bits per heavy atom. The molecule has 6 nitrogen and oxygen atoms in total. The molecule has 2 rings (SSSR count). The summed E-state index contributed by atoms with van der Waals surface area (Å²) in [5, 5.41) is 15.5. The number of carbonyl (C=O) groups is 2. The van der Waals surface area contributed by atoms with Crippen molar-refractivity contribution in [3.63, 3.8) is 0 Å². The van der Waals surface area contributed by atoms with Crippen LogP contribution in [0.5, 0.6) is 0 Å². The lowest BCUT2D eigenvalue weighted by molar-refractivity contribution is -0.167. The molecule has 0 aliphatic carbocycles. The van der Waals surface area contributed by atoms with Crippen molar-refractivity contribution in [3.8, 4) is 0 Å². The summed E-state index contributed by atoms with van der Waals surface area (Å²) in [6.07, 6.45) is -6.36. The quantitative estimate of drug-likeness (QED) is 0.551. The second kappa shape index (κ2) is 8.45. The summed E-state index contributed by atoms with van der Waals surface area (Å²) in [5.74, 6) is -2.79. The highest BCUT2D eigenvalue weighted by Crippen LogP contribution is 2.18. The van der Waals surface area contributed by atoms with Crippen LogP contribution in [0.15, 0.2) is 59.7 Å². The molecule has 1 unspecified atom stereocenters. The van der Waals surface area contributed by atoms with Gasteiger partial charge in [-0.1, -0.05) is 42.5 Å². The summed E-state index contributed by atoms with van der Waals surface area (Å²) >= 11 is 0. The Morgan fingerprint density at radius 1 is 1.04 bits per heavy atom. The SMILES string of the molecule is C/C(=N\NC(=O)C(O)c1ccccc1)c1ccc(NC(=O)C(F)(F)F)cc1. The molecule has 0 aliphatic heterocycles. The van der Waals surface area contributed by atoms with E-state index in [2.05, 4.69) is 10.5 Å². The number of anilines is 1. The van der Waals surface area contributed by atoms with Gasteiger partial charge >= 0.3 is 12.1 Å². The van der Waals surface area contributed by atoms with Crippen LogP contribution in [0.3, 0.4) is 0 Å². The van der Waals surface area contributed by atoms with Gasteiger partial charge in [-0.3, -0.25) is 9.59 Å². The Labute approximate surface area is 152 Å². The summed E-state index contributed by atoms with van der Waals surface area (Å²) in [7, 11) is 0. The molecular formula is C18H16F3N3O3. The number of alkyl halides is 3. The molecule has 0 spiro atoms. The van der Waals surface area contributed by atoms with Gasteiger partial charge in [0.05, 0.1) is 5.71 Å². The Hall–Kier alpha value is -3.20. The Morgan fingerprint density at radius 3 is 2.19 bits per heavy atom. The van der Waals surface area contributed by atoms with Gasteiger partial charge < -0.3 is 10.4 Å². The van der Waals surface area contributed by atoms with Crippen LogP contribution < -0.4 is 10.7 Å². The molecule has 0 saturated carbocycles. The third-order valence-electron chi connectivity index (χ3n) is 3.52. The zero-order chi connectivity index (χ0) is 20.0. The molecule has 0 heterocycles. The number of aliphatic hydroxyl groups is 1. The van der Waals surface area contributed by atoms with E-state index in [9.17, 15) is 27.9 Å². The number of benzene rings is 2. The van der Waals surface area contributed by atoms with E-state index in [1.54, 1.807) is 42.6 Å². The highest BCUT2D eigenvalue weighted by Gasteiger charge is 2.38. The van der Waals surface area contributed by atoms with Crippen molar-refractivity contribution in [3.05, 3.63) is 65.7 Å². The van der Waals surface area contributed by atoms with Gasteiger partial charge in [0.15, 0.2) is 6.10 Å². The van der Waals surface area contributed by atoms with Gasteiger partial charge in [0.25, 0.3) is 5.91 Å². The van der Waals surface area contributed by atoms with Crippen molar-refractivity contribution in [1.29, 1.82) is 0 Å². The van der Waals surface area contributed by atoms with Crippen LogP contribution in [0.1, 0.15) is 24.2 Å². The minimum Gasteiger partial charge on any atom is -0.378 e. The predicted octanol–water partition coefficient (Wildman–Crippen LogP) is 2.76. The number of halogens is 3. The first-order valence-corrected chi connectivity index (χ1v) is 7.74. The fourth-order valence-corrected chi connectivity index (χ4v) is 2.05. The third-order valence-corrected chi connectivity index (χ3v) is 3.52. The molecule has 2 amide bonds. The molecule has 2 aromatic rings. The minimum atomic E-state index is -4.97.